The molecule has 5 rings (SSSR count). The van der Waals surface area contributed by atoms with Crippen LogP contribution in [-0.4, -0.2) is 57.1 Å². The number of anilines is 1. The maximum Gasteiger partial charge on any atom is 0.318 e. The Balaban J connectivity index is 1.31. The van der Waals surface area contributed by atoms with Crippen molar-refractivity contribution in [1.29, 1.82) is 0 Å². The van der Waals surface area contributed by atoms with Crippen LogP contribution in [0.3, 0.4) is 0 Å². The lowest BCUT2D eigenvalue weighted by Crippen LogP contribution is -2.60. The predicted octanol–water partition coefficient (Wildman–Crippen LogP) is 2.65. The van der Waals surface area contributed by atoms with Crippen LogP contribution in [0.4, 0.5) is 10.6 Å². The Morgan fingerprint density at radius 1 is 1.19 bits per heavy atom. The molecule has 2 saturated carbocycles. The molecule has 1 aliphatic heterocycles. The van der Waals surface area contributed by atoms with E-state index in [4.69, 9.17) is 0 Å². The molecule has 26 heavy (non-hydrogen) atoms. The molecule has 0 radical (unpaired) electrons. The number of urea groups is 1. The van der Waals surface area contributed by atoms with Gasteiger partial charge in [-0.25, -0.2) is 14.8 Å². The van der Waals surface area contributed by atoms with Crippen molar-refractivity contribution in [2.75, 3.05) is 24.5 Å². The summed E-state index contributed by atoms with van der Waals surface area (Å²) < 4.78 is 0. The molecule has 2 aromatic rings. The van der Waals surface area contributed by atoms with Crippen LogP contribution in [0.2, 0.25) is 0 Å². The van der Waals surface area contributed by atoms with Crippen LogP contribution < -0.4 is 10.2 Å². The molecule has 2 aliphatic carbocycles. The second-order valence-corrected chi connectivity index (χ2v) is 8.02. The number of nitrogens with one attached hydrogen (secondary N) is 2. The van der Waals surface area contributed by atoms with Gasteiger partial charge in [0.15, 0.2) is 0 Å². The summed E-state index contributed by atoms with van der Waals surface area (Å²) in [5.74, 6) is 0.981. The van der Waals surface area contributed by atoms with E-state index in [1.165, 1.54) is 19.3 Å². The SMILES string of the molecule is O=C(NC1CCCCC1)N1CCN(c2ncnc3[nH]ccc23)CC12CC2. The summed E-state index contributed by atoms with van der Waals surface area (Å²) in [4.78, 5) is 29.3. The van der Waals surface area contributed by atoms with Gasteiger partial charge in [0.05, 0.1) is 10.9 Å². The Bertz CT molecular complexity index is 807. The number of carbonyl (C=O) groups is 1. The van der Waals surface area contributed by atoms with Crippen LogP contribution in [0.1, 0.15) is 44.9 Å². The first-order valence-electron chi connectivity index (χ1n) is 9.86. The van der Waals surface area contributed by atoms with Crippen molar-refractivity contribution in [2.45, 2.75) is 56.5 Å². The van der Waals surface area contributed by atoms with Gasteiger partial charge < -0.3 is 20.1 Å². The van der Waals surface area contributed by atoms with Crippen LogP contribution in [0.25, 0.3) is 11.0 Å². The molecule has 0 bridgehead atoms. The molecule has 1 spiro atoms. The van der Waals surface area contributed by atoms with E-state index >= 15 is 0 Å². The molecule has 0 atom stereocenters. The summed E-state index contributed by atoms with van der Waals surface area (Å²) in [6, 6.07) is 2.54. The minimum atomic E-state index is -0.00934. The number of piperazine rings is 1. The standard InChI is InChI=1S/C19H26N6O/c26-18(23-14-4-2-1-3-5-14)25-11-10-24(12-19(25)7-8-19)17-15-6-9-20-16(15)21-13-22-17/h6,9,13-14H,1-5,7-8,10-12H2,(H,23,26)(H,20,21,22). The molecule has 138 valence electrons. The smallest absolute Gasteiger partial charge is 0.318 e. The van der Waals surface area contributed by atoms with E-state index in [9.17, 15) is 4.79 Å². The molecule has 2 N–H and O–H groups in total. The van der Waals surface area contributed by atoms with Crippen molar-refractivity contribution in [3.05, 3.63) is 18.6 Å². The molecule has 0 aromatic carbocycles. The minimum Gasteiger partial charge on any atom is -0.352 e. The summed E-state index contributed by atoms with van der Waals surface area (Å²) in [5, 5.41) is 4.36. The maximum absolute atomic E-state index is 12.9. The molecule has 7 nitrogen and oxygen atoms in total. The predicted molar refractivity (Wildman–Crippen MR) is 100 cm³/mol. The fraction of sp³-hybridized carbons (Fsp3) is 0.632. The van der Waals surface area contributed by atoms with Crippen LogP contribution in [-0.2, 0) is 0 Å². The Kier molecular flexibility index (Phi) is 3.76. The summed E-state index contributed by atoms with van der Waals surface area (Å²) >= 11 is 0. The fourth-order valence-electron chi connectivity index (χ4n) is 4.66. The van der Waals surface area contributed by atoms with Crippen molar-refractivity contribution >= 4 is 22.9 Å². The largest absolute Gasteiger partial charge is 0.352 e. The molecule has 2 amide bonds. The maximum atomic E-state index is 12.9. The Hall–Kier alpha value is -2.31. The first-order chi connectivity index (χ1) is 12.8. The number of H-pyrrole nitrogens is 1. The molecule has 3 heterocycles. The highest BCUT2D eigenvalue weighted by Gasteiger charge is 2.53. The van der Waals surface area contributed by atoms with Gasteiger partial charge in [-0.3, -0.25) is 0 Å². The zero-order valence-electron chi connectivity index (χ0n) is 15.1. The summed E-state index contributed by atoms with van der Waals surface area (Å²) in [7, 11) is 0. The zero-order chi connectivity index (χ0) is 17.6. The van der Waals surface area contributed by atoms with E-state index < -0.39 is 0 Å². The topological polar surface area (TPSA) is 77.2 Å². The summed E-state index contributed by atoms with van der Waals surface area (Å²) in [6.07, 6.45) is 11.7. The quantitative estimate of drug-likeness (QED) is 0.869. The number of hydrogen-bond acceptors (Lipinski definition) is 4. The van der Waals surface area contributed by atoms with Crippen molar-refractivity contribution in [3.63, 3.8) is 0 Å². The summed E-state index contributed by atoms with van der Waals surface area (Å²) in [6.45, 7) is 2.44. The van der Waals surface area contributed by atoms with E-state index in [1.54, 1.807) is 6.33 Å². The third kappa shape index (κ3) is 2.70. The number of fused-ring (bicyclic) bond motifs is 1. The molecule has 3 fully saturated rings. The van der Waals surface area contributed by atoms with Gasteiger partial charge in [-0.05, 0) is 31.7 Å². The first kappa shape index (κ1) is 15.9. The zero-order valence-corrected chi connectivity index (χ0v) is 15.1. The molecular formula is C19H26N6O. The molecular weight excluding hydrogens is 328 g/mol. The number of amides is 2. The van der Waals surface area contributed by atoms with Gasteiger partial charge in [-0.2, -0.15) is 0 Å². The Morgan fingerprint density at radius 3 is 2.85 bits per heavy atom. The second kappa shape index (κ2) is 6.14. The van der Waals surface area contributed by atoms with Gasteiger partial charge in [0.25, 0.3) is 0 Å². The monoisotopic (exact) mass is 354 g/mol. The van der Waals surface area contributed by atoms with Gasteiger partial charge >= 0.3 is 6.03 Å². The number of aromatic amines is 1. The number of hydrogen-bond donors (Lipinski definition) is 2. The molecule has 1 saturated heterocycles. The van der Waals surface area contributed by atoms with Crippen LogP contribution >= 0.6 is 0 Å². The number of carbonyl (C=O) groups excluding carboxylic acids is 1. The van der Waals surface area contributed by atoms with Gasteiger partial charge in [0.2, 0.25) is 0 Å². The Morgan fingerprint density at radius 2 is 2.04 bits per heavy atom. The van der Waals surface area contributed by atoms with Crippen LogP contribution in [0.5, 0.6) is 0 Å². The van der Waals surface area contributed by atoms with Crippen molar-refractivity contribution < 1.29 is 4.79 Å². The van der Waals surface area contributed by atoms with Crippen LogP contribution in [0.15, 0.2) is 18.6 Å². The lowest BCUT2D eigenvalue weighted by molar-refractivity contribution is 0.150. The lowest BCUT2D eigenvalue weighted by Gasteiger charge is -2.43. The van der Waals surface area contributed by atoms with E-state index in [-0.39, 0.29) is 11.6 Å². The number of aromatic nitrogens is 3. The highest BCUT2D eigenvalue weighted by molar-refractivity contribution is 5.87. The molecule has 0 unspecified atom stereocenters. The van der Waals surface area contributed by atoms with E-state index in [0.29, 0.717) is 6.04 Å². The molecule has 2 aromatic heterocycles. The van der Waals surface area contributed by atoms with Gasteiger partial charge in [0.1, 0.15) is 17.8 Å². The first-order valence-corrected chi connectivity index (χ1v) is 9.86. The van der Waals surface area contributed by atoms with E-state index in [1.807, 2.05) is 12.3 Å². The lowest BCUT2D eigenvalue weighted by atomic mass is 9.95. The average molecular weight is 354 g/mol. The highest BCUT2D eigenvalue weighted by atomic mass is 16.2. The highest BCUT2D eigenvalue weighted by Crippen LogP contribution is 2.45. The van der Waals surface area contributed by atoms with Gasteiger partial charge in [-0.1, -0.05) is 19.3 Å². The molecule has 7 heteroatoms. The van der Waals surface area contributed by atoms with Crippen molar-refractivity contribution in [1.82, 2.24) is 25.2 Å². The van der Waals surface area contributed by atoms with Crippen molar-refractivity contribution in [3.8, 4) is 0 Å². The van der Waals surface area contributed by atoms with E-state index in [0.717, 1.165) is 62.2 Å². The second-order valence-electron chi connectivity index (χ2n) is 8.02. The third-order valence-electron chi connectivity index (χ3n) is 6.29. The third-order valence-corrected chi connectivity index (χ3v) is 6.29. The van der Waals surface area contributed by atoms with Gasteiger partial charge in [0, 0.05) is 31.9 Å². The normalized spacial score (nSPS) is 22.8. The van der Waals surface area contributed by atoms with Crippen LogP contribution in [0, 0.1) is 0 Å². The van der Waals surface area contributed by atoms with E-state index in [2.05, 4.69) is 30.1 Å². The summed E-state index contributed by atoms with van der Waals surface area (Å²) in [5.41, 5.74) is 0.863. The average Bonchev–Trinajstić information content (AvgIpc) is 3.24. The van der Waals surface area contributed by atoms with Gasteiger partial charge in [-0.15, -0.1) is 0 Å². The van der Waals surface area contributed by atoms with Crippen molar-refractivity contribution in [2.24, 2.45) is 0 Å². The Labute approximate surface area is 153 Å². The molecule has 3 aliphatic rings. The number of rotatable bonds is 2. The number of nitrogens with zero attached hydrogens (tertiary/aromatic N) is 4. The fourth-order valence-corrected chi connectivity index (χ4v) is 4.66. The minimum absolute atomic E-state index is 0.00934.